The van der Waals surface area contributed by atoms with Crippen LogP contribution in [0, 0.1) is 5.82 Å². The molecule has 5 nitrogen and oxygen atoms in total. The van der Waals surface area contributed by atoms with E-state index >= 15 is 0 Å². The summed E-state index contributed by atoms with van der Waals surface area (Å²) >= 11 is 0. The van der Waals surface area contributed by atoms with Gasteiger partial charge in [-0.15, -0.1) is 0 Å². The van der Waals surface area contributed by atoms with E-state index < -0.39 is 0 Å². The molecule has 0 unspecified atom stereocenters. The number of morpholine rings is 1. The molecule has 6 heteroatoms. The monoisotopic (exact) mass is 329 g/mol. The number of rotatable bonds is 4. The largest absolute Gasteiger partial charge is 0.378 e. The maximum absolute atomic E-state index is 13.9. The first-order valence-corrected chi connectivity index (χ1v) is 7.89. The van der Waals surface area contributed by atoms with Crippen molar-refractivity contribution in [2.75, 3.05) is 36.5 Å². The van der Waals surface area contributed by atoms with Gasteiger partial charge in [0.15, 0.2) is 0 Å². The average molecular weight is 329 g/mol. The molecule has 1 heterocycles. The van der Waals surface area contributed by atoms with Crippen molar-refractivity contribution in [1.82, 2.24) is 0 Å². The van der Waals surface area contributed by atoms with Crippen molar-refractivity contribution < 1.29 is 13.9 Å². The van der Waals surface area contributed by atoms with Crippen LogP contribution >= 0.6 is 0 Å². The molecule has 1 fully saturated rings. The normalized spacial score (nSPS) is 14.5. The second-order valence-electron chi connectivity index (χ2n) is 5.65. The van der Waals surface area contributed by atoms with Crippen molar-refractivity contribution in [3.8, 4) is 0 Å². The number of hydrogen-bond donors (Lipinski definition) is 2. The van der Waals surface area contributed by atoms with E-state index in [-0.39, 0.29) is 11.7 Å². The molecule has 1 saturated heterocycles. The van der Waals surface area contributed by atoms with Crippen molar-refractivity contribution in [3.63, 3.8) is 0 Å². The predicted octanol–water partition coefficient (Wildman–Crippen LogP) is 2.37. The van der Waals surface area contributed by atoms with Gasteiger partial charge in [0, 0.05) is 36.6 Å². The van der Waals surface area contributed by atoms with Gasteiger partial charge < -0.3 is 20.7 Å². The van der Waals surface area contributed by atoms with E-state index in [1.54, 1.807) is 30.3 Å². The van der Waals surface area contributed by atoms with Gasteiger partial charge >= 0.3 is 0 Å². The first-order chi connectivity index (χ1) is 11.7. The number of hydrogen-bond acceptors (Lipinski definition) is 4. The zero-order valence-electron chi connectivity index (χ0n) is 13.3. The Morgan fingerprint density at radius 2 is 1.88 bits per heavy atom. The molecule has 0 saturated carbocycles. The third kappa shape index (κ3) is 3.90. The minimum Gasteiger partial charge on any atom is -0.378 e. The fraction of sp³-hybridized carbons (Fsp3) is 0.278. The van der Waals surface area contributed by atoms with Crippen molar-refractivity contribution in [2.45, 2.75) is 6.54 Å². The number of carbonyl (C=O) groups excluding carboxylic acids is 1. The summed E-state index contributed by atoms with van der Waals surface area (Å²) in [4.78, 5) is 14.4. The first-order valence-electron chi connectivity index (χ1n) is 7.89. The standard InChI is InChI=1S/C18H20FN3O2/c19-15-9-16(11-17(10-15)22-5-7-24-8-6-22)21-18(23)14-3-1-13(12-20)2-4-14/h1-4,9-11H,5-8,12,20H2,(H,21,23). The van der Waals surface area contributed by atoms with Gasteiger partial charge in [0.2, 0.25) is 0 Å². The van der Waals surface area contributed by atoms with Crippen LogP contribution < -0.4 is 16.0 Å². The zero-order chi connectivity index (χ0) is 16.9. The number of ether oxygens (including phenoxy) is 1. The highest BCUT2D eigenvalue weighted by atomic mass is 19.1. The SMILES string of the molecule is NCc1ccc(C(=O)Nc2cc(F)cc(N3CCOCC3)c2)cc1. The Morgan fingerprint density at radius 3 is 2.54 bits per heavy atom. The van der Waals surface area contributed by atoms with Crippen LogP contribution in [0.1, 0.15) is 15.9 Å². The van der Waals surface area contributed by atoms with Crippen LogP contribution in [0.25, 0.3) is 0 Å². The second-order valence-corrected chi connectivity index (χ2v) is 5.65. The molecule has 3 rings (SSSR count). The van der Waals surface area contributed by atoms with Crippen LogP contribution in [0.4, 0.5) is 15.8 Å². The van der Waals surface area contributed by atoms with Gasteiger partial charge in [-0.2, -0.15) is 0 Å². The summed E-state index contributed by atoms with van der Waals surface area (Å²) in [5.74, 6) is -0.662. The smallest absolute Gasteiger partial charge is 0.255 e. The minimum absolute atomic E-state index is 0.280. The summed E-state index contributed by atoms with van der Waals surface area (Å²) in [6, 6.07) is 11.6. The number of benzene rings is 2. The van der Waals surface area contributed by atoms with Gasteiger partial charge in [-0.1, -0.05) is 12.1 Å². The molecule has 126 valence electrons. The van der Waals surface area contributed by atoms with Crippen LogP contribution in [-0.4, -0.2) is 32.2 Å². The van der Waals surface area contributed by atoms with E-state index in [0.717, 1.165) is 11.3 Å². The van der Waals surface area contributed by atoms with Crippen LogP contribution in [0.2, 0.25) is 0 Å². The molecule has 0 aromatic heterocycles. The third-order valence-corrected chi connectivity index (χ3v) is 3.97. The van der Waals surface area contributed by atoms with Crippen molar-refractivity contribution in [3.05, 3.63) is 59.4 Å². The van der Waals surface area contributed by atoms with Crippen LogP contribution in [0.3, 0.4) is 0 Å². The Labute approximate surface area is 140 Å². The maximum Gasteiger partial charge on any atom is 0.255 e. The van der Waals surface area contributed by atoms with E-state index in [1.165, 1.54) is 12.1 Å². The summed E-state index contributed by atoms with van der Waals surface area (Å²) in [6.45, 7) is 3.07. The van der Waals surface area contributed by atoms with Gasteiger partial charge in [-0.05, 0) is 35.9 Å². The number of nitrogens with one attached hydrogen (secondary N) is 1. The Balaban J connectivity index is 1.76. The van der Waals surface area contributed by atoms with Gasteiger partial charge in [0.05, 0.1) is 13.2 Å². The van der Waals surface area contributed by atoms with Crippen molar-refractivity contribution in [1.29, 1.82) is 0 Å². The Kier molecular flexibility index (Phi) is 5.08. The Morgan fingerprint density at radius 1 is 1.17 bits per heavy atom. The highest BCUT2D eigenvalue weighted by molar-refractivity contribution is 6.04. The second kappa shape index (κ2) is 7.42. The summed E-state index contributed by atoms with van der Waals surface area (Å²) < 4.78 is 19.2. The predicted molar refractivity (Wildman–Crippen MR) is 91.7 cm³/mol. The highest BCUT2D eigenvalue weighted by Gasteiger charge is 2.14. The minimum atomic E-state index is -0.382. The van der Waals surface area contributed by atoms with E-state index in [2.05, 4.69) is 5.32 Å². The molecule has 2 aromatic rings. The quantitative estimate of drug-likeness (QED) is 0.904. The lowest BCUT2D eigenvalue weighted by molar-refractivity contribution is 0.102. The topological polar surface area (TPSA) is 67.6 Å². The molecule has 0 aliphatic carbocycles. The van der Waals surface area contributed by atoms with Crippen LogP contribution in [0.15, 0.2) is 42.5 Å². The number of nitrogens with two attached hydrogens (primary N) is 1. The Hall–Kier alpha value is -2.44. The fourth-order valence-electron chi connectivity index (χ4n) is 2.65. The van der Waals surface area contributed by atoms with Gasteiger partial charge in [0.25, 0.3) is 5.91 Å². The van der Waals surface area contributed by atoms with Crippen molar-refractivity contribution in [2.24, 2.45) is 5.73 Å². The maximum atomic E-state index is 13.9. The van der Waals surface area contributed by atoms with E-state index in [0.29, 0.717) is 44.1 Å². The lowest BCUT2D eigenvalue weighted by Crippen LogP contribution is -2.36. The molecule has 1 amide bonds. The molecule has 0 radical (unpaired) electrons. The molecular formula is C18H20FN3O2. The zero-order valence-corrected chi connectivity index (χ0v) is 13.3. The molecule has 24 heavy (non-hydrogen) atoms. The van der Waals surface area contributed by atoms with Crippen LogP contribution in [-0.2, 0) is 11.3 Å². The van der Waals surface area contributed by atoms with Crippen LogP contribution in [0.5, 0.6) is 0 Å². The number of carbonyl (C=O) groups is 1. The van der Waals surface area contributed by atoms with Gasteiger partial charge in [-0.3, -0.25) is 4.79 Å². The Bertz CT molecular complexity index is 713. The fourth-order valence-corrected chi connectivity index (χ4v) is 2.65. The molecule has 1 aliphatic rings. The number of halogens is 1. The number of anilines is 2. The lowest BCUT2D eigenvalue weighted by Gasteiger charge is -2.29. The highest BCUT2D eigenvalue weighted by Crippen LogP contribution is 2.23. The van der Waals surface area contributed by atoms with E-state index in [4.69, 9.17) is 10.5 Å². The molecule has 1 aliphatic heterocycles. The summed E-state index contributed by atoms with van der Waals surface area (Å²) in [5.41, 5.74) is 8.18. The molecule has 2 aromatic carbocycles. The first kappa shape index (κ1) is 16.4. The average Bonchev–Trinajstić information content (AvgIpc) is 2.62. The molecular weight excluding hydrogens is 309 g/mol. The van der Waals surface area contributed by atoms with Gasteiger partial charge in [-0.25, -0.2) is 4.39 Å². The third-order valence-electron chi connectivity index (χ3n) is 3.97. The molecule has 3 N–H and O–H groups in total. The molecule has 0 spiro atoms. The number of amides is 1. The molecule has 0 atom stereocenters. The summed E-state index contributed by atoms with van der Waals surface area (Å²) in [6.07, 6.45) is 0. The van der Waals surface area contributed by atoms with E-state index in [9.17, 15) is 9.18 Å². The van der Waals surface area contributed by atoms with Crippen molar-refractivity contribution >= 4 is 17.3 Å². The number of nitrogens with zero attached hydrogens (tertiary/aromatic N) is 1. The molecule has 0 bridgehead atoms. The summed E-state index contributed by atoms with van der Waals surface area (Å²) in [7, 11) is 0. The lowest BCUT2D eigenvalue weighted by atomic mass is 10.1. The van der Waals surface area contributed by atoms with E-state index in [1.807, 2.05) is 4.90 Å². The van der Waals surface area contributed by atoms with Gasteiger partial charge in [0.1, 0.15) is 5.82 Å². The summed E-state index contributed by atoms with van der Waals surface area (Å²) in [5, 5.41) is 2.75.